The fraction of sp³-hybridized carbons (Fsp3) is 0.750. The summed E-state index contributed by atoms with van der Waals surface area (Å²) >= 11 is 1.54. The van der Waals surface area contributed by atoms with Crippen LogP contribution >= 0.6 is 11.5 Å². The van der Waals surface area contributed by atoms with Gasteiger partial charge in [-0.3, -0.25) is 0 Å². The van der Waals surface area contributed by atoms with Gasteiger partial charge in [0.2, 0.25) is 0 Å². The number of hydrogen-bond donors (Lipinski definition) is 1. The zero-order valence-corrected chi connectivity index (χ0v) is 7.81. The van der Waals surface area contributed by atoms with Crippen LogP contribution in [0, 0.1) is 5.92 Å². The molecule has 1 aliphatic rings. The van der Waals surface area contributed by atoms with Crippen LogP contribution in [0.25, 0.3) is 0 Å². The van der Waals surface area contributed by atoms with Gasteiger partial charge >= 0.3 is 0 Å². The molecule has 1 fully saturated rings. The summed E-state index contributed by atoms with van der Waals surface area (Å²) in [6.07, 6.45) is 4.72. The van der Waals surface area contributed by atoms with Gasteiger partial charge in [-0.15, -0.1) is 0 Å². The Hall–Kier alpha value is -0.480. The molecule has 1 aromatic rings. The van der Waals surface area contributed by atoms with Crippen molar-refractivity contribution in [3.63, 3.8) is 0 Å². The maximum absolute atomic E-state index is 5.41. The number of nitrogens with zero attached hydrogens (tertiary/aromatic N) is 2. The van der Waals surface area contributed by atoms with Crippen molar-refractivity contribution < 1.29 is 0 Å². The van der Waals surface area contributed by atoms with Crippen LogP contribution in [0.3, 0.4) is 0 Å². The molecule has 1 heterocycles. The van der Waals surface area contributed by atoms with Gasteiger partial charge in [-0.25, -0.2) is 4.98 Å². The summed E-state index contributed by atoms with van der Waals surface area (Å²) in [7, 11) is 0. The molecule has 0 bridgehead atoms. The van der Waals surface area contributed by atoms with Crippen molar-refractivity contribution in [2.24, 2.45) is 11.7 Å². The van der Waals surface area contributed by atoms with E-state index in [-0.39, 0.29) is 0 Å². The minimum Gasteiger partial charge on any atom is -0.330 e. The van der Waals surface area contributed by atoms with E-state index >= 15 is 0 Å². The Kier molecular flexibility index (Phi) is 2.37. The molecule has 0 spiro atoms. The summed E-state index contributed by atoms with van der Waals surface area (Å²) < 4.78 is 4.24. The average molecular weight is 183 g/mol. The topological polar surface area (TPSA) is 51.8 Å². The zero-order valence-electron chi connectivity index (χ0n) is 6.99. The van der Waals surface area contributed by atoms with Gasteiger partial charge in [0.25, 0.3) is 0 Å². The fourth-order valence-electron chi connectivity index (χ4n) is 1.17. The first-order chi connectivity index (χ1) is 5.88. The second kappa shape index (κ2) is 3.49. The van der Waals surface area contributed by atoms with Crippen LogP contribution in [0.2, 0.25) is 0 Å². The van der Waals surface area contributed by atoms with Crippen molar-refractivity contribution in [2.45, 2.75) is 25.7 Å². The predicted octanol–water partition coefficient (Wildman–Crippen LogP) is 0.992. The van der Waals surface area contributed by atoms with E-state index < -0.39 is 0 Å². The molecule has 1 aliphatic carbocycles. The third-order valence-electron chi connectivity index (χ3n) is 2.04. The molecule has 66 valence electrons. The van der Waals surface area contributed by atoms with Gasteiger partial charge in [0, 0.05) is 12.8 Å². The monoisotopic (exact) mass is 183 g/mol. The maximum Gasteiger partial charge on any atom is 0.143 e. The predicted molar refractivity (Wildman–Crippen MR) is 49.1 cm³/mol. The average Bonchev–Trinajstić information content (AvgIpc) is 2.74. The first-order valence-electron chi connectivity index (χ1n) is 4.40. The van der Waals surface area contributed by atoms with Gasteiger partial charge in [-0.2, -0.15) is 4.37 Å². The van der Waals surface area contributed by atoms with Crippen molar-refractivity contribution in [2.75, 3.05) is 6.54 Å². The minimum atomic E-state index is 0.652. The lowest BCUT2D eigenvalue weighted by Crippen LogP contribution is -2.04. The molecule has 2 rings (SSSR count). The van der Waals surface area contributed by atoms with E-state index in [0.717, 1.165) is 24.6 Å². The van der Waals surface area contributed by atoms with E-state index in [0.29, 0.717) is 6.54 Å². The fourth-order valence-corrected chi connectivity index (χ4v) is 1.97. The summed E-state index contributed by atoms with van der Waals surface area (Å²) in [5, 5.41) is 1.20. The minimum absolute atomic E-state index is 0.652. The molecule has 1 saturated carbocycles. The summed E-state index contributed by atoms with van der Waals surface area (Å²) in [5.41, 5.74) is 5.41. The first-order valence-corrected chi connectivity index (χ1v) is 5.17. The normalized spacial score (nSPS) is 16.8. The Morgan fingerprint density at radius 1 is 1.50 bits per heavy atom. The van der Waals surface area contributed by atoms with E-state index in [1.54, 1.807) is 11.5 Å². The van der Waals surface area contributed by atoms with Crippen molar-refractivity contribution in [3.05, 3.63) is 10.8 Å². The highest BCUT2D eigenvalue weighted by Gasteiger charge is 2.23. The Morgan fingerprint density at radius 3 is 3.00 bits per heavy atom. The molecule has 0 aliphatic heterocycles. The number of hydrogen-bond acceptors (Lipinski definition) is 4. The van der Waals surface area contributed by atoms with Crippen molar-refractivity contribution in [1.82, 2.24) is 9.36 Å². The standard InChI is InChI=1S/C8H13N3S/c9-4-3-7-10-8(12-11-7)5-6-1-2-6/h6H,1-5,9H2. The Labute approximate surface area is 76.2 Å². The molecule has 0 saturated heterocycles. The lowest BCUT2D eigenvalue weighted by atomic mass is 10.3. The largest absolute Gasteiger partial charge is 0.330 e. The summed E-state index contributed by atoms with van der Waals surface area (Å²) in [5.74, 6) is 1.84. The Morgan fingerprint density at radius 2 is 2.33 bits per heavy atom. The number of rotatable bonds is 4. The molecule has 12 heavy (non-hydrogen) atoms. The molecule has 0 atom stereocenters. The van der Waals surface area contributed by atoms with Gasteiger partial charge in [-0.1, -0.05) is 0 Å². The van der Waals surface area contributed by atoms with Gasteiger partial charge in [0.05, 0.1) is 0 Å². The van der Waals surface area contributed by atoms with Crippen molar-refractivity contribution in [3.8, 4) is 0 Å². The van der Waals surface area contributed by atoms with Crippen LogP contribution in [-0.4, -0.2) is 15.9 Å². The second-order valence-electron chi connectivity index (χ2n) is 3.29. The second-order valence-corrected chi connectivity index (χ2v) is 4.13. The molecule has 2 N–H and O–H groups in total. The van der Waals surface area contributed by atoms with Gasteiger partial charge < -0.3 is 5.73 Å². The molecular weight excluding hydrogens is 170 g/mol. The van der Waals surface area contributed by atoms with Crippen LogP contribution in [0.1, 0.15) is 23.7 Å². The van der Waals surface area contributed by atoms with Gasteiger partial charge in [0.1, 0.15) is 10.8 Å². The van der Waals surface area contributed by atoms with E-state index in [2.05, 4.69) is 9.36 Å². The number of aromatic nitrogens is 2. The SMILES string of the molecule is NCCc1nsc(CC2CC2)n1. The van der Waals surface area contributed by atoms with E-state index in [9.17, 15) is 0 Å². The van der Waals surface area contributed by atoms with Crippen LogP contribution in [0.15, 0.2) is 0 Å². The molecule has 0 radical (unpaired) electrons. The molecule has 0 unspecified atom stereocenters. The number of nitrogens with two attached hydrogens (primary N) is 1. The van der Waals surface area contributed by atoms with E-state index in [4.69, 9.17) is 5.73 Å². The molecule has 3 nitrogen and oxygen atoms in total. The summed E-state index contributed by atoms with van der Waals surface area (Å²) in [6.45, 7) is 0.652. The first kappa shape index (κ1) is 8.13. The highest BCUT2D eigenvalue weighted by Crippen LogP contribution is 2.32. The van der Waals surface area contributed by atoms with Gasteiger partial charge in [0.15, 0.2) is 0 Å². The smallest absolute Gasteiger partial charge is 0.143 e. The third kappa shape index (κ3) is 2.01. The van der Waals surface area contributed by atoms with Crippen LogP contribution < -0.4 is 5.73 Å². The van der Waals surface area contributed by atoms with Crippen LogP contribution in [0.4, 0.5) is 0 Å². The maximum atomic E-state index is 5.41. The van der Waals surface area contributed by atoms with Gasteiger partial charge in [-0.05, 0) is 36.8 Å². The molecule has 0 amide bonds. The quantitative estimate of drug-likeness (QED) is 0.757. The van der Waals surface area contributed by atoms with Crippen molar-refractivity contribution in [1.29, 1.82) is 0 Å². The molecule has 0 aromatic carbocycles. The molecule has 1 aromatic heterocycles. The van der Waals surface area contributed by atoms with Crippen LogP contribution in [0.5, 0.6) is 0 Å². The van der Waals surface area contributed by atoms with Crippen molar-refractivity contribution >= 4 is 11.5 Å². The van der Waals surface area contributed by atoms with E-state index in [1.807, 2.05) is 0 Å². The molecule has 4 heteroatoms. The summed E-state index contributed by atoms with van der Waals surface area (Å²) in [6, 6.07) is 0. The van der Waals surface area contributed by atoms with E-state index in [1.165, 1.54) is 17.8 Å². The third-order valence-corrected chi connectivity index (χ3v) is 2.81. The highest BCUT2D eigenvalue weighted by molar-refractivity contribution is 7.05. The highest BCUT2D eigenvalue weighted by atomic mass is 32.1. The lowest BCUT2D eigenvalue weighted by molar-refractivity contribution is 0.808. The van der Waals surface area contributed by atoms with Crippen LogP contribution in [-0.2, 0) is 12.8 Å². The zero-order chi connectivity index (χ0) is 8.39. The molecular formula is C8H13N3S. The lowest BCUT2D eigenvalue weighted by Gasteiger charge is -1.88. The Balaban J connectivity index is 1.92. The Bertz CT molecular complexity index is 255. The summed E-state index contributed by atoms with van der Waals surface area (Å²) in [4.78, 5) is 4.41.